The molecule has 1 atom stereocenters. The second kappa shape index (κ2) is 9.19. The molecule has 5 heteroatoms. The lowest BCUT2D eigenvalue weighted by molar-refractivity contribution is -0.141. The van der Waals surface area contributed by atoms with Crippen LogP contribution < -0.4 is 4.74 Å². The van der Waals surface area contributed by atoms with E-state index in [-0.39, 0.29) is 17.2 Å². The van der Waals surface area contributed by atoms with E-state index in [0.29, 0.717) is 18.4 Å². The van der Waals surface area contributed by atoms with Gasteiger partial charge < -0.3 is 14.5 Å². The zero-order valence-corrected chi connectivity index (χ0v) is 18.4. The fourth-order valence-electron chi connectivity index (χ4n) is 4.16. The minimum absolute atomic E-state index is 0.118. The van der Waals surface area contributed by atoms with Crippen LogP contribution in [-0.2, 0) is 4.79 Å². The molecule has 0 saturated carbocycles. The maximum Gasteiger partial charge on any atom is 0.253 e. The number of nitrogens with zero attached hydrogens (tertiary/aromatic N) is 2. The van der Waals surface area contributed by atoms with Crippen LogP contribution in [0.1, 0.15) is 63.7 Å². The minimum Gasteiger partial charge on any atom is -0.493 e. The highest BCUT2D eigenvalue weighted by molar-refractivity contribution is 5.94. The van der Waals surface area contributed by atoms with Gasteiger partial charge in [0.15, 0.2) is 0 Å². The maximum atomic E-state index is 12.7. The molecule has 0 bridgehead atoms. The highest BCUT2D eigenvalue weighted by Crippen LogP contribution is 2.25. The monoisotopic (exact) mass is 400 g/mol. The Kier molecular flexibility index (Phi) is 6.86. The Morgan fingerprint density at radius 1 is 1.00 bits per heavy atom. The second-order valence-electron chi connectivity index (χ2n) is 9.82. The van der Waals surface area contributed by atoms with Crippen LogP contribution in [0.5, 0.6) is 5.75 Å². The van der Waals surface area contributed by atoms with Crippen molar-refractivity contribution in [2.75, 3.05) is 32.8 Å². The van der Waals surface area contributed by atoms with Gasteiger partial charge in [0, 0.05) is 43.1 Å². The summed E-state index contributed by atoms with van der Waals surface area (Å²) in [7, 11) is 0. The predicted molar refractivity (Wildman–Crippen MR) is 115 cm³/mol. The lowest BCUT2D eigenvalue weighted by Gasteiger charge is -2.36. The third-order valence-electron chi connectivity index (χ3n) is 6.11. The van der Waals surface area contributed by atoms with E-state index in [0.717, 1.165) is 63.2 Å². The van der Waals surface area contributed by atoms with Crippen LogP contribution in [0.15, 0.2) is 24.3 Å². The molecule has 0 spiro atoms. The van der Waals surface area contributed by atoms with Crippen LogP contribution in [0.2, 0.25) is 0 Å². The summed E-state index contributed by atoms with van der Waals surface area (Å²) >= 11 is 0. The third-order valence-corrected chi connectivity index (χ3v) is 6.11. The summed E-state index contributed by atoms with van der Waals surface area (Å²) < 4.78 is 5.99. The van der Waals surface area contributed by atoms with Crippen molar-refractivity contribution in [2.24, 2.45) is 17.3 Å². The summed E-state index contributed by atoms with van der Waals surface area (Å²) in [6.45, 7) is 12.1. The molecule has 2 amide bonds. The summed E-state index contributed by atoms with van der Waals surface area (Å²) in [6.07, 6.45) is 4.28. The first-order chi connectivity index (χ1) is 13.7. The normalized spacial score (nSPS) is 21.2. The molecule has 5 nitrogen and oxygen atoms in total. The fraction of sp³-hybridized carbons (Fsp3) is 0.667. The smallest absolute Gasteiger partial charge is 0.253 e. The first kappa shape index (κ1) is 21.7. The van der Waals surface area contributed by atoms with Crippen molar-refractivity contribution in [3.8, 4) is 5.75 Å². The fourth-order valence-corrected chi connectivity index (χ4v) is 4.16. The van der Waals surface area contributed by atoms with Gasteiger partial charge in [-0.05, 0) is 55.9 Å². The number of carbonyl (C=O) groups excluding carboxylic acids is 2. The minimum atomic E-state index is -0.336. The quantitative estimate of drug-likeness (QED) is 0.760. The summed E-state index contributed by atoms with van der Waals surface area (Å²) in [5, 5.41) is 0. The molecule has 2 saturated heterocycles. The van der Waals surface area contributed by atoms with Crippen molar-refractivity contribution in [1.29, 1.82) is 0 Å². The standard InChI is InChI=1S/C24H36N2O3/c1-18-11-14-25(15-12-18)22(27)20-7-9-21(10-8-20)29-17-19-6-5-13-26(16-19)23(28)24(2,3)4/h7-10,18-19H,5-6,11-17H2,1-4H3. The Morgan fingerprint density at radius 2 is 1.66 bits per heavy atom. The largest absolute Gasteiger partial charge is 0.493 e. The van der Waals surface area contributed by atoms with Gasteiger partial charge in [-0.3, -0.25) is 9.59 Å². The van der Waals surface area contributed by atoms with E-state index < -0.39 is 0 Å². The number of amides is 2. The number of ether oxygens (including phenoxy) is 1. The predicted octanol–water partition coefficient (Wildman–Crippen LogP) is 4.22. The van der Waals surface area contributed by atoms with Gasteiger partial charge >= 0.3 is 0 Å². The van der Waals surface area contributed by atoms with Crippen molar-refractivity contribution in [3.05, 3.63) is 29.8 Å². The summed E-state index contributed by atoms with van der Waals surface area (Å²) in [6, 6.07) is 7.51. The van der Waals surface area contributed by atoms with E-state index >= 15 is 0 Å². The van der Waals surface area contributed by atoms with Crippen LogP contribution in [0, 0.1) is 17.3 Å². The molecule has 0 aromatic heterocycles. The zero-order chi connectivity index (χ0) is 21.0. The van der Waals surface area contributed by atoms with Crippen molar-refractivity contribution in [1.82, 2.24) is 9.80 Å². The van der Waals surface area contributed by atoms with Gasteiger partial charge in [-0.15, -0.1) is 0 Å². The first-order valence-corrected chi connectivity index (χ1v) is 11.1. The van der Waals surface area contributed by atoms with E-state index in [1.165, 1.54) is 0 Å². The molecule has 29 heavy (non-hydrogen) atoms. The maximum absolute atomic E-state index is 12.7. The Bertz CT molecular complexity index is 700. The van der Waals surface area contributed by atoms with Crippen molar-refractivity contribution >= 4 is 11.8 Å². The number of hydrogen-bond acceptors (Lipinski definition) is 3. The Labute approximate surface area is 175 Å². The van der Waals surface area contributed by atoms with Gasteiger partial charge in [-0.2, -0.15) is 0 Å². The summed E-state index contributed by atoms with van der Waals surface area (Å²) in [4.78, 5) is 29.1. The summed E-state index contributed by atoms with van der Waals surface area (Å²) in [5.41, 5.74) is 0.392. The molecular formula is C24H36N2O3. The number of rotatable bonds is 4. The molecule has 2 heterocycles. The van der Waals surface area contributed by atoms with Gasteiger partial charge in [0.2, 0.25) is 5.91 Å². The summed E-state index contributed by atoms with van der Waals surface area (Å²) in [5.74, 6) is 2.19. The molecule has 2 fully saturated rings. The number of benzene rings is 1. The SMILES string of the molecule is CC1CCN(C(=O)c2ccc(OCC3CCCN(C(=O)C(C)(C)C)C3)cc2)CC1. The molecule has 2 aliphatic heterocycles. The Morgan fingerprint density at radius 3 is 2.28 bits per heavy atom. The van der Waals surface area contributed by atoms with E-state index in [1.54, 1.807) is 0 Å². The zero-order valence-electron chi connectivity index (χ0n) is 18.4. The lowest BCUT2D eigenvalue weighted by atomic mass is 9.91. The van der Waals surface area contributed by atoms with Crippen LogP contribution in [-0.4, -0.2) is 54.4 Å². The number of carbonyl (C=O) groups is 2. The average molecular weight is 401 g/mol. The van der Waals surface area contributed by atoms with E-state index in [4.69, 9.17) is 4.74 Å². The highest BCUT2D eigenvalue weighted by atomic mass is 16.5. The highest BCUT2D eigenvalue weighted by Gasteiger charge is 2.31. The van der Waals surface area contributed by atoms with Gasteiger partial charge in [0.05, 0.1) is 6.61 Å². The van der Waals surface area contributed by atoms with Crippen molar-refractivity contribution < 1.29 is 14.3 Å². The second-order valence-corrected chi connectivity index (χ2v) is 9.82. The van der Waals surface area contributed by atoms with Gasteiger partial charge in [0.1, 0.15) is 5.75 Å². The molecule has 1 aromatic carbocycles. The van der Waals surface area contributed by atoms with Crippen LogP contribution in [0.3, 0.4) is 0 Å². The van der Waals surface area contributed by atoms with Gasteiger partial charge in [0.25, 0.3) is 5.91 Å². The molecule has 160 valence electrons. The Hall–Kier alpha value is -2.04. The molecule has 0 N–H and O–H groups in total. The number of likely N-dealkylation sites (tertiary alicyclic amines) is 2. The molecule has 1 aromatic rings. The van der Waals surface area contributed by atoms with E-state index in [2.05, 4.69) is 6.92 Å². The first-order valence-electron chi connectivity index (χ1n) is 11.1. The topological polar surface area (TPSA) is 49.9 Å². The molecule has 0 radical (unpaired) electrons. The van der Waals surface area contributed by atoms with E-state index in [1.807, 2.05) is 54.8 Å². The van der Waals surface area contributed by atoms with E-state index in [9.17, 15) is 9.59 Å². The van der Waals surface area contributed by atoms with Crippen LogP contribution in [0.4, 0.5) is 0 Å². The molecule has 1 unspecified atom stereocenters. The Balaban J connectivity index is 1.50. The molecular weight excluding hydrogens is 364 g/mol. The number of piperidine rings is 2. The third kappa shape index (κ3) is 5.74. The van der Waals surface area contributed by atoms with Gasteiger partial charge in [-0.1, -0.05) is 27.7 Å². The van der Waals surface area contributed by atoms with Crippen LogP contribution in [0.25, 0.3) is 0 Å². The molecule has 3 rings (SSSR count). The van der Waals surface area contributed by atoms with Crippen molar-refractivity contribution in [3.63, 3.8) is 0 Å². The molecule has 0 aliphatic carbocycles. The van der Waals surface area contributed by atoms with Gasteiger partial charge in [-0.25, -0.2) is 0 Å². The van der Waals surface area contributed by atoms with Crippen molar-refractivity contribution in [2.45, 2.75) is 53.4 Å². The average Bonchev–Trinajstić information content (AvgIpc) is 2.71. The molecule has 2 aliphatic rings. The number of hydrogen-bond donors (Lipinski definition) is 0. The van der Waals surface area contributed by atoms with Crippen LogP contribution >= 0.6 is 0 Å². The lowest BCUT2D eigenvalue weighted by Crippen LogP contribution is -2.46.